The average Bonchev–Trinajstić information content (AvgIpc) is 2.70. The number of aryl methyl sites for hydroxylation is 1. The molecular weight excluding hydrogens is 287 g/mol. The van der Waals surface area contributed by atoms with Crippen LogP contribution < -0.4 is 10.4 Å². The van der Waals surface area contributed by atoms with Crippen LogP contribution in [0.1, 0.15) is 16.2 Å². The number of hydrogen-bond donors (Lipinski definition) is 1. The van der Waals surface area contributed by atoms with E-state index in [1.165, 1.54) is 0 Å². The van der Waals surface area contributed by atoms with Gasteiger partial charge in [0.25, 0.3) is 5.91 Å². The van der Waals surface area contributed by atoms with Gasteiger partial charge in [-0.1, -0.05) is 29.3 Å². The van der Waals surface area contributed by atoms with Gasteiger partial charge < -0.3 is 0 Å². The number of amides is 1. The summed E-state index contributed by atoms with van der Waals surface area (Å²) in [7, 11) is 0. The molecule has 1 aromatic carbocycles. The molecule has 1 N–H and O–H groups in total. The molecule has 1 aliphatic heterocycles. The number of anilines is 1. The molecule has 1 amide bonds. The second-order valence-corrected chi connectivity index (χ2v) is 5.07. The monoisotopic (exact) mass is 296 g/mol. The number of hydrogen-bond acceptors (Lipinski definition) is 3. The van der Waals surface area contributed by atoms with Crippen LogP contribution in [0.15, 0.2) is 24.3 Å². The summed E-state index contributed by atoms with van der Waals surface area (Å²) in [6.45, 7) is 2.20. The fourth-order valence-electron chi connectivity index (χ4n) is 2.06. The van der Waals surface area contributed by atoms with E-state index in [-0.39, 0.29) is 5.91 Å². The maximum atomic E-state index is 12.0. The largest absolute Gasteiger partial charge is 0.288 e. The minimum Gasteiger partial charge on any atom is -0.266 e. The quantitative estimate of drug-likeness (QED) is 0.880. The summed E-state index contributed by atoms with van der Waals surface area (Å²) in [5, 5.41) is 6.80. The normalized spacial score (nSPS) is 14.3. The first-order valence-corrected chi connectivity index (χ1v) is 6.39. The molecule has 0 spiro atoms. The number of carbonyl (C=O) groups excluding carboxylic acids is 1. The van der Waals surface area contributed by atoms with Gasteiger partial charge in [0.05, 0.1) is 21.4 Å². The van der Waals surface area contributed by atoms with Crippen LogP contribution in [0.25, 0.3) is 0 Å². The van der Waals surface area contributed by atoms with Crippen molar-refractivity contribution in [2.45, 2.75) is 13.6 Å². The molecule has 1 aliphatic rings. The lowest BCUT2D eigenvalue weighted by Gasteiger charge is -2.30. The van der Waals surface area contributed by atoms with E-state index in [1.807, 2.05) is 6.92 Å². The van der Waals surface area contributed by atoms with Crippen molar-refractivity contribution < 1.29 is 4.79 Å². The van der Waals surface area contributed by atoms with Crippen molar-refractivity contribution in [2.24, 2.45) is 0 Å². The SMILES string of the molecule is Cc1cc2n(n1)CN(c1c(Cl)cccc1Cl)NC2=O. The van der Waals surface area contributed by atoms with Crippen LogP contribution in [-0.4, -0.2) is 15.7 Å². The van der Waals surface area contributed by atoms with Gasteiger partial charge in [0.2, 0.25) is 0 Å². The molecule has 2 heterocycles. The molecule has 0 aliphatic carbocycles. The molecule has 98 valence electrons. The molecule has 0 saturated heterocycles. The maximum Gasteiger partial charge on any atom is 0.288 e. The molecule has 7 heteroatoms. The molecule has 2 aromatic rings. The van der Waals surface area contributed by atoms with Crippen molar-refractivity contribution in [1.29, 1.82) is 0 Å². The average molecular weight is 297 g/mol. The molecule has 1 aromatic heterocycles. The number of benzene rings is 1. The van der Waals surface area contributed by atoms with Crippen LogP contribution in [0.2, 0.25) is 10.0 Å². The number of halogens is 2. The smallest absolute Gasteiger partial charge is 0.266 e. The Balaban J connectivity index is 2.04. The molecular formula is C12H10Cl2N4O. The predicted octanol–water partition coefficient (Wildman–Crippen LogP) is 2.62. The van der Waals surface area contributed by atoms with Crippen molar-refractivity contribution in [3.63, 3.8) is 0 Å². The Bertz CT molecular complexity index is 647. The van der Waals surface area contributed by atoms with Gasteiger partial charge >= 0.3 is 0 Å². The number of nitrogens with one attached hydrogen (secondary N) is 1. The van der Waals surface area contributed by atoms with E-state index in [2.05, 4.69) is 10.5 Å². The Hall–Kier alpha value is -1.72. The predicted molar refractivity (Wildman–Crippen MR) is 73.4 cm³/mol. The van der Waals surface area contributed by atoms with E-state index in [1.54, 1.807) is 34.0 Å². The molecule has 0 bridgehead atoms. The fourth-order valence-corrected chi connectivity index (χ4v) is 2.66. The number of hydrazine groups is 1. The fraction of sp³-hybridized carbons (Fsp3) is 0.167. The Kier molecular flexibility index (Phi) is 2.88. The van der Waals surface area contributed by atoms with Gasteiger partial charge in [-0.05, 0) is 25.1 Å². The van der Waals surface area contributed by atoms with E-state index in [0.717, 1.165) is 5.69 Å². The minimum absolute atomic E-state index is 0.233. The van der Waals surface area contributed by atoms with E-state index in [0.29, 0.717) is 28.1 Å². The summed E-state index contributed by atoms with van der Waals surface area (Å²) in [4.78, 5) is 12.0. The zero-order valence-electron chi connectivity index (χ0n) is 10.0. The summed E-state index contributed by atoms with van der Waals surface area (Å²) < 4.78 is 1.62. The Morgan fingerprint density at radius 3 is 2.68 bits per heavy atom. The first-order chi connectivity index (χ1) is 9.06. The molecule has 5 nitrogen and oxygen atoms in total. The van der Waals surface area contributed by atoms with Crippen molar-refractivity contribution in [3.8, 4) is 0 Å². The van der Waals surface area contributed by atoms with Crippen molar-refractivity contribution in [1.82, 2.24) is 15.2 Å². The zero-order chi connectivity index (χ0) is 13.6. The van der Waals surface area contributed by atoms with Crippen molar-refractivity contribution >= 4 is 34.8 Å². The van der Waals surface area contributed by atoms with Gasteiger partial charge in [0, 0.05) is 0 Å². The lowest BCUT2D eigenvalue weighted by atomic mass is 10.3. The second kappa shape index (κ2) is 4.43. The van der Waals surface area contributed by atoms with E-state index < -0.39 is 0 Å². The van der Waals surface area contributed by atoms with Gasteiger partial charge in [-0.2, -0.15) is 5.10 Å². The number of rotatable bonds is 1. The zero-order valence-corrected chi connectivity index (χ0v) is 11.5. The number of nitrogens with zero attached hydrogens (tertiary/aromatic N) is 3. The summed E-state index contributed by atoms with van der Waals surface area (Å²) in [5.74, 6) is -0.233. The molecule has 0 unspecified atom stereocenters. The third kappa shape index (κ3) is 2.05. The summed E-state index contributed by atoms with van der Waals surface area (Å²) in [5.41, 5.74) is 4.63. The standard InChI is InChI=1S/C12H10Cl2N4O/c1-7-5-10-12(19)16-18(6-17(10)15-7)11-8(13)3-2-4-9(11)14/h2-5H,6H2,1H3,(H,16,19). The molecule has 0 atom stereocenters. The van der Waals surface area contributed by atoms with Gasteiger partial charge in [-0.3, -0.25) is 15.2 Å². The van der Waals surface area contributed by atoms with Crippen LogP contribution in [0.4, 0.5) is 5.69 Å². The van der Waals surface area contributed by atoms with Gasteiger partial charge in [0.1, 0.15) is 12.4 Å². The van der Waals surface area contributed by atoms with E-state index >= 15 is 0 Å². The molecule has 0 fully saturated rings. The van der Waals surface area contributed by atoms with Gasteiger partial charge in [-0.15, -0.1) is 0 Å². The molecule has 0 radical (unpaired) electrons. The Labute approximate surface area is 119 Å². The second-order valence-electron chi connectivity index (χ2n) is 4.25. The number of fused-ring (bicyclic) bond motifs is 1. The van der Waals surface area contributed by atoms with Gasteiger partial charge in [-0.25, -0.2) is 4.68 Å². The molecule has 0 saturated carbocycles. The lowest BCUT2D eigenvalue weighted by molar-refractivity contribution is 0.0915. The Morgan fingerprint density at radius 1 is 1.32 bits per heavy atom. The van der Waals surface area contributed by atoms with Crippen molar-refractivity contribution in [2.75, 3.05) is 5.01 Å². The highest BCUT2D eigenvalue weighted by Crippen LogP contribution is 2.33. The van der Waals surface area contributed by atoms with Crippen LogP contribution in [0.3, 0.4) is 0 Å². The minimum atomic E-state index is -0.233. The molecule has 3 rings (SSSR count). The number of aromatic nitrogens is 2. The topological polar surface area (TPSA) is 50.2 Å². The van der Waals surface area contributed by atoms with Crippen LogP contribution >= 0.6 is 23.2 Å². The first-order valence-electron chi connectivity index (χ1n) is 5.63. The van der Waals surface area contributed by atoms with Crippen LogP contribution in [0.5, 0.6) is 0 Å². The summed E-state index contributed by atoms with van der Waals surface area (Å²) in [6.07, 6.45) is 0. The number of para-hydroxylation sites is 1. The van der Waals surface area contributed by atoms with Crippen LogP contribution in [-0.2, 0) is 6.67 Å². The van der Waals surface area contributed by atoms with E-state index in [4.69, 9.17) is 23.2 Å². The maximum absolute atomic E-state index is 12.0. The Morgan fingerprint density at radius 2 is 2.00 bits per heavy atom. The highest BCUT2D eigenvalue weighted by atomic mass is 35.5. The highest BCUT2D eigenvalue weighted by Gasteiger charge is 2.26. The third-order valence-corrected chi connectivity index (χ3v) is 3.46. The number of carbonyl (C=O) groups is 1. The molecule has 19 heavy (non-hydrogen) atoms. The van der Waals surface area contributed by atoms with E-state index in [9.17, 15) is 4.79 Å². The lowest BCUT2D eigenvalue weighted by Crippen LogP contribution is -2.49. The highest BCUT2D eigenvalue weighted by molar-refractivity contribution is 6.39. The van der Waals surface area contributed by atoms with Crippen LogP contribution in [0, 0.1) is 6.92 Å². The van der Waals surface area contributed by atoms with Crippen molar-refractivity contribution in [3.05, 3.63) is 45.7 Å². The third-order valence-electron chi connectivity index (χ3n) is 2.85. The summed E-state index contributed by atoms with van der Waals surface area (Å²) in [6, 6.07) is 6.93. The van der Waals surface area contributed by atoms with Gasteiger partial charge in [0.15, 0.2) is 0 Å². The first kappa shape index (κ1) is 12.3. The summed E-state index contributed by atoms with van der Waals surface area (Å²) >= 11 is 12.3.